The fourth-order valence-corrected chi connectivity index (χ4v) is 2.71. The van der Waals surface area contributed by atoms with Crippen molar-refractivity contribution in [2.75, 3.05) is 16.8 Å². The van der Waals surface area contributed by atoms with Crippen LogP contribution in [0.25, 0.3) is 0 Å². The zero-order valence-electron chi connectivity index (χ0n) is 11.4. The van der Waals surface area contributed by atoms with Gasteiger partial charge in [-0.2, -0.15) is 15.0 Å². The molecule has 10 heteroatoms. The van der Waals surface area contributed by atoms with Crippen molar-refractivity contribution in [3.8, 4) is 0 Å². The zero-order chi connectivity index (χ0) is 16.3. The molecule has 1 heterocycles. The number of thioether (sulfide) groups is 1. The number of nitrogens with one attached hydrogen (secondary N) is 1. The molecule has 7 nitrogen and oxygen atoms in total. The van der Waals surface area contributed by atoms with E-state index in [1.165, 1.54) is 0 Å². The number of benzene rings is 1. The first-order valence-electron chi connectivity index (χ1n) is 6.04. The standard InChI is InChI=1S/C12H12Cl2N6OS/c1-5(22-12-19-10(15)18-11(16)20-12)9(21)17-8-3-2-6(13)4-7(8)14/h2-5H,1H3,(H,17,21)(H4,15,16,18,19,20)/t5-/m0/s1. The zero-order valence-corrected chi connectivity index (χ0v) is 13.7. The molecule has 2 aromatic rings. The molecule has 1 amide bonds. The fraction of sp³-hybridized carbons (Fsp3) is 0.167. The normalized spacial score (nSPS) is 12.0. The maximum Gasteiger partial charge on any atom is 0.237 e. The molecule has 1 aromatic carbocycles. The first kappa shape index (κ1) is 16.6. The van der Waals surface area contributed by atoms with Gasteiger partial charge in [-0.05, 0) is 25.1 Å². The second kappa shape index (κ2) is 6.99. The van der Waals surface area contributed by atoms with Gasteiger partial charge in [0, 0.05) is 5.02 Å². The average Bonchev–Trinajstić information content (AvgIpc) is 2.40. The van der Waals surface area contributed by atoms with Gasteiger partial charge in [-0.1, -0.05) is 35.0 Å². The molecule has 0 fully saturated rings. The number of hydrogen-bond acceptors (Lipinski definition) is 7. The highest BCUT2D eigenvalue weighted by atomic mass is 35.5. The summed E-state index contributed by atoms with van der Waals surface area (Å²) in [7, 11) is 0. The fourth-order valence-electron chi connectivity index (χ4n) is 1.48. The maximum atomic E-state index is 12.2. The Morgan fingerprint density at radius 1 is 1.23 bits per heavy atom. The number of nitrogens with two attached hydrogens (primary N) is 2. The first-order valence-corrected chi connectivity index (χ1v) is 7.68. The van der Waals surface area contributed by atoms with E-state index in [9.17, 15) is 4.79 Å². The van der Waals surface area contributed by atoms with Crippen LogP contribution in [-0.4, -0.2) is 26.1 Å². The summed E-state index contributed by atoms with van der Waals surface area (Å²) in [6.45, 7) is 1.69. The van der Waals surface area contributed by atoms with Gasteiger partial charge in [-0.25, -0.2) is 0 Å². The third kappa shape index (κ3) is 4.36. The number of carbonyl (C=O) groups excluding carboxylic acids is 1. The van der Waals surface area contributed by atoms with E-state index in [2.05, 4.69) is 20.3 Å². The molecule has 1 aromatic heterocycles. The molecule has 22 heavy (non-hydrogen) atoms. The van der Waals surface area contributed by atoms with Gasteiger partial charge < -0.3 is 16.8 Å². The number of aromatic nitrogens is 3. The largest absolute Gasteiger partial charge is 0.368 e. The minimum absolute atomic E-state index is 0.00311. The maximum absolute atomic E-state index is 12.2. The Bertz CT molecular complexity index is 694. The number of nitrogens with zero attached hydrogens (tertiary/aromatic N) is 3. The molecule has 0 unspecified atom stereocenters. The molecule has 0 bridgehead atoms. The van der Waals surface area contributed by atoms with Crippen molar-refractivity contribution in [2.45, 2.75) is 17.3 Å². The third-order valence-corrected chi connectivity index (χ3v) is 4.00. The summed E-state index contributed by atoms with van der Waals surface area (Å²) in [6, 6.07) is 4.80. The van der Waals surface area contributed by atoms with Crippen molar-refractivity contribution < 1.29 is 4.79 Å². The molecule has 0 aliphatic carbocycles. The van der Waals surface area contributed by atoms with Crippen LogP contribution in [0.2, 0.25) is 10.0 Å². The molecule has 1 atom stereocenters. The monoisotopic (exact) mass is 358 g/mol. The molecule has 0 spiro atoms. The quantitative estimate of drug-likeness (QED) is 0.717. The molecule has 0 radical (unpaired) electrons. The van der Waals surface area contributed by atoms with E-state index in [4.69, 9.17) is 34.7 Å². The molecule has 0 aliphatic heterocycles. The topological polar surface area (TPSA) is 120 Å². The highest BCUT2D eigenvalue weighted by Gasteiger charge is 2.18. The SMILES string of the molecule is C[C@H](Sc1nc(N)nc(N)n1)C(=O)Nc1ccc(Cl)cc1Cl. The average molecular weight is 359 g/mol. The van der Waals surface area contributed by atoms with Gasteiger partial charge in [0.1, 0.15) is 0 Å². The van der Waals surface area contributed by atoms with Crippen LogP contribution >= 0.6 is 35.0 Å². The summed E-state index contributed by atoms with van der Waals surface area (Å²) in [5.74, 6) is -0.265. The van der Waals surface area contributed by atoms with Crippen LogP contribution in [0.15, 0.2) is 23.4 Å². The Kier molecular flexibility index (Phi) is 5.28. The van der Waals surface area contributed by atoms with E-state index in [1.807, 2.05) is 0 Å². The summed E-state index contributed by atoms with van der Waals surface area (Å²) in [6.07, 6.45) is 0. The number of hydrogen-bond donors (Lipinski definition) is 3. The van der Waals surface area contributed by atoms with E-state index in [0.717, 1.165) is 11.8 Å². The van der Waals surface area contributed by atoms with E-state index in [-0.39, 0.29) is 23.0 Å². The van der Waals surface area contributed by atoms with Crippen molar-refractivity contribution in [1.82, 2.24) is 15.0 Å². The lowest BCUT2D eigenvalue weighted by atomic mass is 10.3. The van der Waals surface area contributed by atoms with Crippen LogP contribution in [-0.2, 0) is 4.79 Å². The second-order valence-electron chi connectivity index (χ2n) is 4.21. The summed E-state index contributed by atoms with van der Waals surface area (Å²) in [4.78, 5) is 23.6. The van der Waals surface area contributed by atoms with Gasteiger partial charge in [-0.15, -0.1) is 0 Å². The molecule has 0 saturated carbocycles. The lowest BCUT2D eigenvalue weighted by Gasteiger charge is -2.12. The van der Waals surface area contributed by atoms with Gasteiger partial charge in [0.05, 0.1) is 16.0 Å². The molecule has 0 saturated heterocycles. The number of rotatable bonds is 4. The van der Waals surface area contributed by atoms with Crippen LogP contribution in [0.3, 0.4) is 0 Å². The second-order valence-corrected chi connectivity index (χ2v) is 6.36. The summed E-state index contributed by atoms with van der Waals surface area (Å²) >= 11 is 12.9. The van der Waals surface area contributed by atoms with Gasteiger partial charge in [0.2, 0.25) is 17.8 Å². The summed E-state index contributed by atoms with van der Waals surface area (Å²) < 4.78 is 0. The Labute approximate surface area is 140 Å². The van der Waals surface area contributed by atoms with Crippen molar-refractivity contribution >= 4 is 58.5 Å². The molecule has 5 N–H and O–H groups in total. The number of carbonyl (C=O) groups is 1. The van der Waals surface area contributed by atoms with Gasteiger partial charge in [0.25, 0.3) is 0 Å². The van der Waals surface area contributed by atoms with E-state index >= 15 is 0 Å². The molecular formula is C12H12Cl2N6OS. The number of halogens is 2. The lowest BCUT2D eigenvalue weighted by molar-refractivity contribution is -0.115. The van der Waals surface area contributed by atoms with E-state index in [1.54, 1.807) is 25.1 Å². The van der Waals surface area contributed by atoms with Crippen LogP contribution in [0.1, 0.15) is 6.92 Å². The minimum Gasteiger partial charge on any atom is -0.368 e. The summed E-state index contributed by atoms with van der Waals surface area (Å²) in [5, 5.41) is 3.32. The van der Waals surface area contributed by atoms with Crippen molar-refractivity contribution in [3.05, 3.63) is 28.2 Å². The highest BCUT2D eigenvalue weighted by molar-refractivity contribution is 8.00. The van der Waals surface area contributed by atoms with Gasteiger partial charge >= 0.3 is 0 Å². The van der Waals surface area contributed by atoms with Crippen LogP contribution in [0.5, 0.6) is 0 Å². The van der Waals surface area contributed by atoms with Crippen molar-refractivity contribution in [2.24, 2.45) is 0 Å². The number of nitrogen functional groups attached to an aromatic ring is 2. The Hall–Kier alpha value is -1.77. The highest BCUT2D eigenvalue weighted by Crippen LogP contribution is 2.27. The Balaban J connectivity index is 2.05. The number of amides is 1. The molecule has 116 valence electrons. The predicted octanol–water partition coefficient (Wildman–Crippen LogP) is 2.46. The molecular weight excluding hydrogens is 347 g/mol. The van der Waals surface area contributed by atoms with E-state index < -0.39 is 5.25 Å². The van der Waals surface area contributed by atoms with Crippen molar-refractivity contribution in [1.29, 1.82) is 0 Å². The van der Waals surface area contributed by atoms with Crippen LogP contribution < -0.4 is 16.8 Å². The summed E-state index contributed by atoms with van der Waals surface area (Å²) in [5.41, 5.74) is 11.4. The van der Waals surface area contributed by atoms with Gasteiger partial charge in [0.15, 0.2) is 5.16 Å². The molecule has 2 rings (SSSR count). The van der Waals surface area contributed by atoms with Crippen LogP contribution in [0.4, 0.5) is 17.6 Å². The van der Waals surface area contributed by atoms with Gasteiger partial charge in [-0.3, -0.25) is 4.79 Å². The lowest BCUT2D eigenvalue weighted by Crippen LogP contribution is -2.23. The Morgan fingerprint density at radius 3 is 2.45 bits per heavy atom. The molecule has 0 aliphatic rings. The van der Waals surface area contributed by atoms with Crippen molar-refractivity contribution in [3.63, 3.8) is 0 Å². The first-order chi connectivity index (χ1) is 10.3. The third-order valence-electron chi connectivity index (χ3n) is 2.49. The van der Waals surface area contributed by atoms with Crippen LogP contribution in [0, 0.1) is 0 Å². The Morgan fingerprint density at radius 2 is 1.86 bits per heavy atom. The minimum atomic E-state index is -0.493. The number of anilines is 3. The smallest absolute Gasteiger partial charge is 0.237 e. The van der Waals surface area contributed by atoms with E-state index in [0.29, 0.717) is 15.7 Å². The predicted molar refractivity (Wildman–Crippen MR) is 89.1 cm³/mol.